The van der Waals surface area contributed by atoms with Gasteiger partial charge in [0.2, 0.25) is 0 Å². The van der Waals surface area contributed by atoms with Crippen molar-refractivity contribution in [1.29, 1.82) is 0 Å². The molecule has 6 heteroatoms. The highest BCUT2D eigenvalue weighted by molar-refractivity contribution is 6.32. The molecule has 2 aromatic rings. The van der Waals surface area contributed by atoms with Crippen LogP contribution in [0.4, 0.5) is 0 Å². The van der Waals surface area contributed by atoms with E-state index in [0.717, 1.165) is 11.1 Å². The first-order valence-corrected chi connectivity index (χ1v) is 7.78. The van der Waals surface area contributed by atoms with E-state index >= 15 is 0 Å². The molecule has 0 radical (unpaired) electrons. The zero-order valence-electron chi connectivity index (χ0n) is 13.3. The number of nitrogens with one attached hydrogen (secondary N) is 1. The van der Waals surface area contributed by atoms with Crippen LogP contribution in [0.5, 0.6) is 5.75 Å². The van der Waals surface area contributed by atoms with Crippen molar-refractivity contribution in [2.45, 2.75) is 13.5 Å². The zero-order chi connectivity index (χ0) is 17.4. The van der Waals surface area contributed by atoms with Gasteiger partial charge >= 0.3 is 5.97 Å². The molecule has 0 saturated heterocycles. The van der Waals surface area contributed by atoms with Crippen LogP contribution in [0.15, 0.2) is 48.5 Å². The molecule has 0 heterocycles. The molecule has 0 unspecified atom stereocenters. The molecule has 5 nitrogen and oxygen atoms in total. The Balaban J connectivity index is 1.69. The maximum Gasteiger partial charge on any atom is 0.344 e. The van der Waals surface area contributed by atoms with Crippen LogP contribution in [0.3, 0.4) is 0 Å². The smallest absolute Gasteiger partial charge is 0.344 e. The summed E-state index contributed by atoms with van der Waals surface area (Å²) in [5.74, 6) is -0.620. The monoisotopic (exact) mass is 347 g/mol. The molecule has 1 N–H and O–H groups in total. The van der Waals surface area contributed by atoms with Gasteiger partial charge in [0, 0.05) is 6.54 Å². The lowest BCUT2D eigenvalue weighted by Gasteiger charge is -2.09. The predicted molar refractivity (Wildman–Crippen MR) is 90.9 cm³/mol. The maximum atomic E-state index is 11.7. The lowest BCUT2D eigenvalue weighted by molar-refractivity contribution is -0.150. The van der Waals surface area contributed by atoms with E-state index in [9.17, 15) is 9.59 Å². The second-order valence-electron chi connectivity index (χ2n) is 5.08. The summed E-state index contributed by atoms with van der Waals surface area (Å²) >= 11 is 5.91. The second-order valence-corrected chi connectivity index (χ2v) is 5.49. The summed E-state index contributed by atoms with van der Waals surface area (Å²) in [7, 11) is 0. The molecule has 0 aliphatic carbocycles. The summed E-state index contributed by atoms with van der Waals surface area (Å²) in [4.78, 5) is 23.3. The van der Waals surface area contributed by atoms with Crippen LogP contribution in [0.2, 0.25) is 5.02 Å². The number of carbonyl (C=O) groups excluding carboxylic acids is 2. The van der Waals surface area contributed by atoms with Gasteiger partial charge in [0.25, 0.3) is 5.91 Å². The van der Waals surface area contributed by atoms with E-state index in [0.29, 0.717) is 17.3 Å². The van der Waals surface area contributed by atoms with Gasteiger partial charge in [-0.2, -0.15) is 0 Å². The number of carbonyl (C=O) groups is 2. The van der Waals surface area contributed by atoms with Crippen LogP contribution >= 0.6 is 11.6 Å². The number of aryl methyl sites for hydroxylation is 1. The average molecular weight is 348 g/mol. The molecule has 0 aliphatic heterocycles. The molecule has 2 rings (SSSR count). The Morgan fingerprint density at radius 2 is 1.75 bits per heavy atom. The molecule has 0 bridgehead atoms. The lowest BCUT2D eigenvalue weighted by atomic mass is 10.1. The highest BCUT2D eigenvalue weighted by Crippen LogP contribution is 2.22. The number of hydrogen-bond donors (Lipinski definition) is 1. The maximum absolute atomic E-state index is 11.7. The highest BCUT2D eigenvalue weighted by Gasteiger charge is 2.10. The highest BCUT2D eigenvalue weighted by atomic mass is 35.5. The van der Waals surface area contributed by atoms with E-state index in [4.69, 9.17) is 21.1 Å². The Labute approximate surface area is 145 Å². The Kier molecular flexibility index (Phi) is 6.63. The van der Waals surface area contributed by atoms with Gasteiger partial charge in [-0.1, -0.05) is 48.0 Å². The van der Waals surface area contributed by atoms with Crippen molar-refractivity contribution in [2.24, 2.45) is 0 Å². The van der Waals surface area contributed by atoms with Gasteiger partial charge in [0.1, 0.15) is 5.75 Å². The van der Waals surface area contributed by atoms with Crippen molar-refractivity contribution in [3.8, 4) is 5.75 Å². The minimum Gasteiger partial charge on any atom is -0.480 e. The fourth-order valence-electron chi connectivity index (χ4n) is 1.94. The quantitative estimate of drug-likeness (QED) is 0.782. The second kappa shape index (κ2) is 8.93. The summed E-state index contributed by atoms with van der Waals surface area (Å²) < 4.78 is 10.1. The lowest BCUT2D eigenvalue weighted by Crippen LogP contribution is -2.29. The van der Waals surface area contributed by atoms with Gasteiger partial charge in [-0.15, -0.1) is 0 Å². The number of para-hydroxylation sites is 1. The number of halogens is 1. The standard InChI is InChI=1S/C18H18ClNO4/c1-13-6-2-3-7-14(13)10-20-17(21)11-24-18(22)12-23-16-9-5-4-8-15(16)19/h2-9H,10-12H2,1H3,(H,20,21). The van der Waals surface area contributed by atoms with Crippen LogP contribution in [0.1, 0.15) is 11.1 Å². The summed E-state index contributed by atoms with van der Waals surface area (Å²) in [6.45, 7) is 1.69. The number of esters is 1. The number of rotatable bonds is 7. The molecule has 2 aromatic carbocycles. The first kappa shape index (κ1) is 17.8. The van der Waals surface area contributed by atoms with E-state index in [1.165, 1.54) is 0 Å². The third-order valence-electron chi connectivity index (χ3n) is 3.28. The third kappa shape index (κ3) is 5.59. The van der Waals surface area contributed by atoms with Crippen molar-refractivity contribution >= 4 is 23.5 Å². The molecule has 0 saturated carbocycles. The first-order valence-electron chi connectivity index (χ1n) is 7.40. The molecule has 0 atom stereocenters. The minimum absolute atomic E-state index is 0.311. The van der Waals surface area contributed by atoms with Gasteiger partial charge in [-0.05, 0) is 30.2 Å². The summed E-state index contributed by atoms with van der Waals surface area (Å²) in [5.41, 5.74) is 2.10. The van der Waals surface area contributed by atoms with Crippen molar-refractivity contribution < 1.29 is 19.1 Å². The van der Waals surface area contributed by atoms with Gasteiger partial charge in [0.15, 0.2) is 13.2 Å². The SMILES string of the molecule is Cc1ccccc1CNC(=O)COC(=O)COc1ccccc1Cl. The van der Waals surface area contributed by atoms with Crippen LogP contribution in [-0.4, -0.2) is 25.1 Å². The van der Waals surface area contributed by atoms with Gasteiger partial charge in [0.05, 0.1) is 5.02 Å². The van der Waals surface area contributed by atoms with Gasteiger partial charge in [-0.3, -0.25) is 4.79 Å². The summed E-state index contributed by atoms with van der Waals surface area (Å²) in [6.07, 6.45) is 0. The summed E-state index contributed by atoms with van der Waals surface area (Å²) in [6, 6.07) is 14.5. The minimum atomic E-state index is -0.638. The van der Waals surface area contributed by atoms with Gasteiger partial charge in [-0.25, -0.2) is 4.79 Å². The van der Waals surface area contributed by atoms with Gasteiger partial charge < -0.3 is 14.8 Å². The van der Waals surface area contributed by atoms with Crippen LogP contribution in [-0.2, 0) is 20.9 Å². The van der Waals surface area contributed by atoms with Crippen LogP contribution in [0.25, 0.3) is 0 Å². The fourth-order valence-corrected chi connectivity index (χ4v) is 2.13. The number of benzene rings is 2. The molecule has 0 aliphatic rings. The molecule has 0 spiro atoms. The predicted octanol–water partition coefficient (Wildman–Crippen LogP) is 2.89. The van der Waals surface area contributed by atoms with Crippen LogP contribution in [0, 0.1) is 6.92 Å². The van der Waals surface area contributed by atoms with Crippen LogP contribution < -0.4 is 10.1 Å². The van der Waals surface area contributed by atoms with E-state index in [1.54, 1.807) is 24.3 Å². The normalized spacial score (nSPS) is 10.1. The van der Waals surface area contributed by atoms with E-state index in [1.807, 2.05) is 31.2 Å². The Bertz CT molecular complexity index is 656. The van der Waals surface area contributed by atoms with Crippen molar-refractivity contribution in [3.05, 3.63) is 64.7 Å². The average Bonchev–Trinajstić information content (AvgIpc) is 2.58. The fraction of sp³-hybridized carbons (Fsp3) is 0.222. The molecular formula is C18H18ClNO4. The molecule has 0 fully saturated rings. The molecule has 24 heavy (non-hydrogen) atoms. The Morgan fingerprint density at radius 1 is 1.04 bits per heavy atom. The molecule has 126 valence electrons. The third-order valence-corrected chi connectivity index (χ3v) is 3.60. The molecule has 1 amide bonds. The van der Waals surface area contributed by atoms with E-state index in [2.05, 4.69) is 5.32 Å². The molecule has 0 aromatic heterocycles. The van der Waals surface area contributed by atoms with E-state index in [-0.39, 0.29) is 19.1 Å². The molecular weight excluding hydrogens is 330 g/mol. The zero-order valence-corrected chi connectivity index (χ0v) is 14.0. The van der Waals surface area contributed by atoms with Crippen molar-refractivity contribution in [3.63, 3.8) is 0 Å². The number of amides is 1. The van der Waals surface area contributed by atoms with Crippen molar-refractivity contribution in [2.75, 3.05) is 13.2 Å². The Hall–Kier alpha value is -2.53. The number of hydrogen-bond acceptors (Lipinski definition) is 4. The topological polar surface area (TPSA) is 64.6 Å². The summed E-state index contributed by atoms with van der Waals surface area (Å²) in [5, 5.41) is 3.10. The number of ether oxygens (including phenoxy) is 2. The largest absolute Gasteiger partial charge is 0.480 e. The van der Waals surface area contributed by atoms with E-state index < -0.39 is 5.97 Å². The first-order chi connectivity index (χ1) is 11.6. The van der Waals surface area contributed by atoms with Crippen molar-refractivity contribution in [1.82, 2.24) is 5.32 Å². The Morgan fingerprint density at radius 3 is 2.50 bits per heavy atom.